The summed E-state index contributed by atoms with van der Waals surface area (Å²) in [6.45, 7) is 4.75. The van der Waals surface area contributed by atoms with E-state index in [2.05, 4.69) is 44.8 Å². The topological polar surface area (TPSA) is 174 Å². The van der Waals surface area contributed by atoms with Gasteiger partial charge in [0.05, 0.1) is 18.2 Å². The van der Waals surface area contributed by atoms with Crippen LogP contribution in [0.15, 0.2) is 138 Å². The molecule has 2 saturated heterocycles. The fraction of sp³-hybridized carbons (Fsp3) is 0.321. The van der Waals surface area contributed by atoms with Gasteiger partial charge in [0, 0.05) is 49.2 Å². The second kappa shape index (κ2) is 21.9. The van der Waals surface area contributed by atoms with E-state index in [4.69, 9.17) is 9.47 Å². The van der Waals surface area contributed by atoms with Crippen LogP contribution in [0, 0.1) is 5.92 Å². The van der Waals surface area contributed by atoms with Gasteiger partial charge in [-0.15, -0.1) is 0 Å². The SMILES string of the molecule is O=C(COc1cccc(C(C(=O)OCC2CCN(Cc3ccccc3)CC2)c2ccccc2)c1)NC1CCN(C(=O)c2ccc(CCNCC(O)c3ccc(O)c4[nH]c(=O)ccc34)cc2)C1. The number of hydrogen-bond acceptors (Lipinski definition) is 10. The largest absolute Gasteiger partial charge is 0.506 e. The number of rotatable bonds is 18. The molecule has 0 radical (unpaired) electrons. The van der Waals surface area contributed by atoms with Gasteiger partial charge in [0.2, 0.25) is 5.56 Å². The zero-order valence-corrected chi connectivity index (χ0v) is 36.9. The number of aromatic amines is 1. The fourth-order valence-electron chi connectivity index (χ4n) is 8.94. The number of fused-ring (bicyclic) bond motifs is 1. The molecule has 6 aromatic rings. The monoisotopic (exact) mass is 891 g/mol. The highest BCUT2D eigenvalue weighted by molar-refractivity contribution is 5.94. The molecule has 0 aliphatic carbocycles. The number of amides is 2. The third kappa shape index (κ3) is 11.9. The van der Waals surface area contributed by atoms with Crippen molar-refractivity contribution in [2.75, 3.05) is 52.5 Å². The Labute approximate surface area is 384 Å². The van der Waals surface area contributed by atoms with Crippen molar-refractivity contribution in [3.63, 3.8) is 0 Å². The minimum absolute atomic E-state index is 0.0578. The van der Waals surface area contributed by atoms with E-state index >= 15 is 0 Å². The van der Waals surface area contributed by atoms with E-state index in [1.54, 1.807) is 29.2 Å². The Morgan fingerprint density at radius 2 is 1.53 bits per heavy atom. The number of nitrogens with one attached hydrogen (secondary N) is 3. The summed E-state index contributed by atoms with van der Waals surface area (Å²) in [4.78, 5) is 58.8. The predicted molar refractivity (Wildman–Crippen MR) is 252 cm³/mol. The van der Waals surface area contributed by atoms with E-state index in [0.29, 0.717) is 78.3 Å². The van der Waals surface area contributed by atoms with E-state index in [9.17, 15) is 29.4 Å². The van der Waals surface area contributed by atoms with E-state index in [1.807, 2.05) is 72.8 Å². The number of phenols is 1. The lowest BCUT2D eigenvalue weighted by atomic mass is 9.91. The Hall–Kier alpha value is -6.80. The van der Waals surface area contributed by atoms with Gasteiger partial charge >= 0.3 is 5.97 Å². The van der Waals surface area contributed by atoms with Crippen molar-refractivity contribution < 1.29 is 34.1 Å². The number of ether oxygens (including phenoxy) is 2. The number of H-pyrrole nitrogens is 1. The first-order valence-corrected chi connectivity index (χ1v) is 22.8. The maximum Gasteiger partial charge on any atom is 0.317 e. The number of aliphatic hydroxyl groups is 1. The first-order chi connectivity index (χ1) is 32.2. The van der Waals surface area contributed by atoms with Crippen LogP contribution < -0.4 is 20.9 Å². The van der Waals surface area contributed by atoms with Crippen molar-refractivity contribution in [2.24, 2.45) is 5.92 Å². The molecule has 2 aliphatic heterocycles. The van der Waals surface area contributed by atoms with Crippen LogP contribution in [0.3, 0.4) is 0 Å². The summed E-state index contributed by atoms with van der Waals surface area (Å²) in [5.74, 6) is -0.670. The molecule has 66 heavy (non-hydrogen) atoms. The van der Waals surface area contributed by atoms with Crippen LogP contribution in [0.5, 0.6) is 11.5 Å². The molecule has 0 bridgehead atoms. The van der Waals surface area contributed by atoms with Crippen molar-refractivity contribution in [3.8, 4) is 11.5 Å². The average molecular weight is 892 g/mol. The van der Waals surface area contributed by atoms with Crippen molar-refractivity contribution in [1.29, 1.82) is 0 Å². The molecule has 2 fully saturated rings. The molecular weight excluding hydrogens is 835 g/mol. The first-order valence-electron chi connectivity index (χ1n) is 22.8. The van der Waals surface area contributed by atoms with Gasteiger partial charge in [0.25, 0.3) is 11.8 Å². The molecule has 5 N–H and O–H groups in total. The molecule has 3 unspecified atom stereocenters. The Kier molecular flexibility index (Phi) is 15.2. The molecule has 13 nitrogen and oxygen atoms in total. The van der Waals surface area contributed by atoms with Crippen LogP contribution in [0.25, 0.3) is 10.9 Å². The van der Waals surface area contributed by atoms with Gasteiger partial charge in [0.15, 0.2) is 6.61 Å². The smallest absolute Gasteiger partial charge is 0.317 e. The molecule has 5 aromatic carbocycles. The molecule has 2 aliphatic rings. The van der Waals surface area contributed by atoms with E-state index in [1.165, 1.54) is 17.7 Å². The normalized spacial score (nSPS) is 16.4. The number of carbonyl (C=O) groups is 3. The summed E-state index contributed by atoms with van der Waals surface area (Å²) in [5, 5.41) is 27.8. The highest BCUT2D eigenvalue weighted by Gasteiger charge is 2.29. The summed E-state index contributed by atoms with van der Waals surface area (Å²) in [7, 11) is 0. The highest BCUT2D eigenvalue weighted by Crippen LogP contribution is 2.31. The van der Waals surface area contributed by atoms with Gasteiger partial charge in [-0.3, -0.25) is 24.1 Å². The van der Waals surface area contributed by atoms with Crippen molar-refractivity contribution in [1.82, 2.24) is 25.4 Å². The molecule has 1 aromatic heterocycles. The van der Waals surface area contributed by atoms with Gasteiger partial charge < -0.3 is 40.2 Å². The fourth-order valence-corrected chi connectivity index (χ4v) is 8.94. The van der Waals surface area contributed by atoms with Crippen LogP contribution in [0.1, 0.15) is 69.5 Å². The molecule has 0 saturated carbocycles. The van der Waals surface area contributed by atoms with Gasteiger partial charge in [-0.05, 0) is 115 Å². The molecule has 3 atom stereocenters. The Balaban J connectivity index is 0.767. The summed E-state index contributed by atoms with van der Waals surface area (Å²) in [6.07, 6.45) is 2.37. The van der Waals surface area contributed by atoms with Gasteiger partial charge in [-0.25, -0.2) is 0 Å². The summed E-state index contributed by atoms with van der Waals surface area (Å²) < 4.78 is 12.0. The van der Waals surface area contributed by atoms with Crippen LogP contribution in [-0.4, -0.2) is 101 Å². The second-order valence-electron chi connectivity index (χ2n) is 17.3. The standard InChI is InChI=1S/C53H57N5O8/c59-46-20-18-44(45-19-21-48(61)56-51(45)46)47(60)31-54-26-22-36-14-16-40(17-15-36)52(63)58-29-25-42(33-58)55-49(62)35-65-43-13-7-12-41(30-43)50(39-10-5-2-6-11-39)53(64)66-34-38-23-27-57(28-24-38)32-37-8-3-1-4-9-37/h1-21,30,38,42,47,50,54,59-60H,22-29,31-35H2,(H,55,62)(H,56,61). The number of aliphatic hydroxyl groups excluding tert-OH is 1. The number of benzene rings is 5. The summed E-state index contributed by atoms with van der Waals surface area (Å²) >= 11 is 0. The molecule has 0 spiro atoms. The molecule has 3 heterocycles. The van der Waals surface area contributed by atoms with Crippen molar-refractivity contribution >= 4 is 28.7 Å². The number of piperidine rings is 1. The van der Waals surface area contributed by atoms with Crippen molar-refractivity contribution in [2.45, 2.75) is 50.3 Å². The Bertz CT molecular complexity index is 2630. The minimum atomic E-state index is -0.856. The number of esters is 1. The van der Waals surface area contributed by atoms with Gasteiger partial charge in [0.1, 0.15) is 17.4 Å². The predicted octanol–water partition coefficient (Wildman–Crippen LogP) is 6.10. The third-order valence-electron chi connectivity index (χ3n) is 12.6. The molecule has 342 valence electrons. The third-order valence-corrected chi connectivity index (χ3v) is 12.6. The number of phenolic OH excluding ortho intramolecular Hbond substituents is 1. The summed E-state index contributed by atoms with van der Waals surface area (Å²) in [5.41, 5.74) is 4.97. The quantitative estimate of drug-likeness (QED) is 0.0502. The molecule has 13 heteroatoms. The highest BCUT2D eigenvalue weighted by atomic mass is 16.5. The van der Waals surface area contributed by atoms with Crippen molar-refractivity contribution in [3.05, 3.63) is 177 Å². The van der Waals surface area contributed by atoms with Crippen LogP contribution >= 0.6 is 0 Å². The van der Waals surface area contributed by atoms with Gasteiger partial charge in [-0.2, -0.15) is 0 Å². The maximum atomic E-state index is 13.8. The number of carbonyl (C=O) groups excluding carboxylic acids is 3. The lowest BCUT2D eigenvalue weighted by molar-refractivity contribution is -0.146. The van der Waals surface area contributed by atoms with Gasteiger partial charge in [-0.1, -0.05) is 91.0 Å². The number of likely N-dealkylation sites (tertiary alicyclic amines) is 2. The van der Waals surface area contributed by atoms with E-state index in [-0.39, 0.29) is 48.3 Å². The number of pyridine rings is 1. The Morgan fingerprint density at radius 1 is 0.788 bits per heavy atom. The zero-order chi connectivity index (χ0) is 45.8. The minimum Gasteiger partial charge on any atom is -0.506 e. The van der Waals surface area contributed by atoms with E-state index < -0.39 is 12.0 Å². The van der Waals surface area contributed by atoms with E-state index in [0.717, 1.165) is 43.6 Å². The number of aromatic nitrogens is 1. The van der Waals surface area contributed by atoms with Crippen LogP contribution in [0.4, 0.5) is 0 Å². The maximum absolute atomic E-state index is 13.8. The lowest BCUT2D eigenvalue weighted by Crippen LogP contribution is -2.40. The first kappa shape index (κ1) is 45.8. The molecule has 2 amide bonds. The summed E-state index contributed by atoms with van der Waals surface area (Å²) in [6, 6.07) is 40.6. The number of aromatic hydroxyl groups is 1. The average Bonchev–Trinajstić information content (AvgIpc) is 3.81. The zero-order valence-electron chi connectivity index (χ0n) is 36.9. The number of hydrogen-bond donors (Lipinski definition) is 5. The molecular formula is C53H57N5O8. The number of nitrogens with zero attached hydrogens (tertiary/aromatic N) is 2. The second-order valence-corrected chi connectivity index (χ2v) is 17.3. The Morgan fingerprint density at radius 3 is 2.30 bits per heavy atom. The lowest BCUT2D eigenvalue weighted by Gasteiger charge is -2.32. The van der Waals surface area contributed by atoms with Crippen LogP contribution in [-0.2, 0) is 27.3 Å². The van der Waals surface area contributed by atoms with Crippen LogP contribution in [0.2, 0.25) is 0 Å². The molecule has 8 rings (SSSR count).